The van der Waals surface area contributed by atoms with Crippen LogP contribution in [0.5, 0.6) is 0 Å². The van der Waals surface area contributed by atoms with Crippen LogP contribution in [0, 0.1) is 5.82 Å². The lowest BCUT2D eigenvalue weighted by atomic mass is 10.2. The second kappa shape index (κ2) is 6.92. The van der Waals surface area contributed by atoms with E-state index in [0.29, 0.717) is 12.1 Å². The summed E-state index contributed by atoms with van der Waals surface area (Å²) in [5.41, 5.74) is -2.12. The molecule has 0 radical (unpaired) electrons. The first-order valence-corrected chi connectivity index (χ1v) is 5.70. The molecule has 0 amide bonds. The van der Waals surface area contributed by atoms with Gasteiger partial charge in [0.2, 0.25) is 0 Å². The van der Waals surface area contributed by atoms with E-state index in [-0.39, 0.29) is 6.07 Å². The minimum absolute atomic E-state index is 0.259. The van der Waals surface area contributed by atoms with Gasteiger partial charge in [0.05, 0.1) is 31.5 Å². The zero-order valence-electron chi connectivity index (χ0n) is 11.5. The molecule has 5 nitrogen and oxygen atoms in total. The van der Waals surface area contributed by atoms with Gasteiger partial charge < -0.3 is 14.8 Å². The summed E-state index contributed by atoms with van der Waals surface area (Å²) in [6.45, 7) is 0. The SMILES string of the molecule is COC(=O)/C=C(/Nc1ccc(C(F)(F)F)cc1F)C(=O)OC. The molecular formula is C13H11F4NO4. The number of halogens is 4. The highest BCUT2D eigenvalue weighted by Crippen LogP contribution is 2.31. The van der Waals surface area contributed by atoms with E-state index in [4.69, 9.17) is 0 Å². The topological polar surface area (TPSA) is 64.6 Å². The molecular weight excluding hydrogens is 310 g/mol. The zero-order valence-corrected chi connectivity index (χ0v) is 11.5. The number of esters is 2. The maximum absolute atomic E-state index is 13.7. The van der Waals surface area contributed by atoms with Crippen molar-refractivity contribution in [1.29, 1.82) is 0 Å². The summed E-state index contributed by atoms with van der Waals surface area (Å²) in [4.78, 5) is 22.6. The maximum atomic E-state index is 13.7. The van der Waals surface area contributed by atoms with Gasteiger partial charge in [-0.15, -0.1) is 0 Å². The Balaban J connectivity index is 3.12. The fraction of sp³-hybridized carbons (Fsp3) is 0.231. The van der Waals surface area contributed by atoms with Crippen LogP contribution in [0.1, 0.15) is 5.56 Å². The Morgan fingerprint density at radius 1 is 1.18 bits per heavy atom. The van der Waals surface area contributed by atoms with Crippen LogP contribution in [0.3, 0.4) is 0 Å². The first-order chi connectivity index (χ1) is 10.2. The second-order valence-corrected chi connectivity index (χ2v) is 3.89. The fourth-order valence-electron chi connectivity index (χ4n) is 1.37. The Kier molecular flexibility index (Phi) is 5.50. The van der Waals surface area contributed by atoms with Crippen LogP contribution >= 0.6 is 0 Å². The van der Waals surface area contributed by atoms with Gasteiger partial charge in [-0.25, -0.2) is 14.0 Å². The number of carbonyl (C=O) groups is 2. The number of hydrogen-bond acceptors (Lipinski definition) is 5. The van der Waals surface area contributed by atoms with Gasteiger partial charge in [0, 0.05) is 0 Å². The Labute approximate surface area is 122 Å². The first kappa shape index (κ1) is 17.5. The molecule has 0 atom stereocenters. The van der Waals surface area contributed by atoms with Gasteiger partial charge in [0.15, 0.2) is 0 Å². The van der Waals surface area contributed by atoms with Crippen LogP contribution in [-0.2, 0) is 25.2 Å². The lowest BCUT2D eigenvalue weighted by molar-refractivity contribution is -0.138. The molecule has 120 valence electrons. The van der Waals surface area contributed by atoms with Crippen LogP contribution in [0.4, 0.5) is 23.2 Å². The van der Waals surface area contributed by atoms with E-state index in [1.54, 1.807) is 0 Å². The van der Waals surface area contributed by atoms with Gasteiger partial charge in [-0.1, -0.05) is 0 Å². The summed E-state index contributed by atoms with van der Waals surface area (Å²) < 4.78 is 59.6. The van der Waals surface area contributed by atoms with Crippen molar-refractivity contribution in [2.24, 2.45) is 0 Å². The standard InChI is InChI=1S/C13H11F4NO4/c1-21-11(19)6-10(12(20)22-2)18-9-4-3-7(5-8(9)14)13(15,16)17/h3-6,18H,1-2H3/b10-6+. The molecule has 1 aromatic carbocycles. The van der Waals surface area contributed by atoms with Crippen LogP contribution < -0.4 is 5.32 Å². The number of methoxy groups -OCH3 is 2. The highest BCUT2D eigenvalue weighted by molar-refractivity contribution is 5.98. The van der Waals surface area contributed by atoms with Crippen molar-refractivity contribution in [3.8, 4) is 0 Å². The molecule has 0 heterocycles. The number of hydrogen-bond donors (Lipinski definition) is 1. The van der Waals surface area contributed by atoms with Crippen molar-refractivity contribution in [3.63, 3.8) is 0 Å². The number of benzene rings is 1. The van der Waals surface area contributed by atoms with Crippen LogP contribution in [0.15, 0.2) is 30.0 Å². The number of rotatable bonds is 4. The molecule has 0 fully saturated rings. The summed E-state index contributed by atoms with van der Waals surface area (Å²) in [5.74, 6) is -3.21. The molecule has 0 spiro atoms. The molecule has 1 rings (SSSR count). The van der Waals surface area contributed by atoms with Crippen LogP contribution in [-0.4, -0.2) is 26.2 Å². The fourth-order valence-corrected chi connectivity index (χ4v) is 1.37. The molecule has 0 saturated carbocycles. The largest absolute Gasteiger partial charge is 0.466 e. The number of ether oxygens (including phenoxy) is 2. The number of nitrogens with one attached hydrogen (secondary N) is 1. The first-order valence-electron chi connectivity index (χ1n) is 5.70. The third-order valence-electron chi connectivity index (χ3n) is 2.43. The smallest absolute Gasteiger partial charge is 0.416 e. The predicted molar refractivity (Wildman–Crippen MR) is 67.1 cm³/mol. The molecule has 0 aromatic heterocycles. The Bertz CT molecular complexity index is 611. The summed E-state index contributed by atoms with van der Waals surface area (Å²) in [6.07, 6.45) is -4.02. The lowest BCUT2D eigenvalue weighted by Crippen LogP contribution is -2.16. The van der Waals surface area contributed by atoms with Crippen molar-refractivity contribution < 1.29 is 36.6 Å². The Hall–Kier alpha value is -2.58. The van der Waals surface area contributed by atoms with E-state index < -0.39 is 40.9 Å². The molecule has 1 aromatic rings. The van der Waals surface area contributed by atoms with Crippen LogP contribution in [0.2, 0.25) is 0 Å². The summed E-state index contributed by atoms with van der Waals surface area (Å²) in [5, 5.41) is 2.19. The number of anilines is 1. The van der Waals surface area contributed by atoms with Gasteiger partial charge in [-0.2, -0.15) is 13.2 Å². The Morgan fingerprint density at radius 2 is 1.82 bits per heavy atom. The second-order valence-electron chi connectivity index (χ2n) is 3.89. The molecule has 0 bridgehead atoms. The highest BCUT2D eigenvalue weighted by atomic mass is 19.4. The van der Waals surface area contributed by atoms with E-state index in [0.717, 1.165) is 20.3 Å². The zero-order chi connectivity index (χ0) is 16.9. The summed E-state index contributed by atoms with van der Waals surface area (Å²) in [6, 6.07) is 1.67. The third-order valence-corrected chi connectivity index (χ3v) is 2.43. The van der Waals surface area contributed by atoms with E-state index in [2.05, 4.69) is 14.8 Å². The van der Waals surface area contributed by atoms with Gasteiger partial charge in [-0.3, -0.25) is 0 Å². The summed E-state index contributed by atoms with van der Waals surface area (Å²) in [7, 11) is 2.06. The van der Waals surface area contributed by atoms with Gasteiger partial charge in [-0.05, 0) is 18.2 Å². The van der Waals surface area contributed by atoms with Crippen molar-refractivity contribution >= 4 is 17.6 Å². The normalized spacial score (nSPS) is 11.8. The molecule has 0 aliphatic rings. The minimum Gasteiger partial charge on any atom is -0.466 e. The van der Waals surface area contributed by atoms with Crippen LogP contribution in [0.25, 0.3) is 0 Å². The van der Waals surface area contributed by atoms with E-state index >= 15 is 0 Å². The molecule has 22 heavy (non-hydrogen) atoms. The van der Waals surface area contributed by atoms with Crippen molar-refractivity contribution in [1.82, 2.24) is 0 Å². The average Bonchev–Trinajstić information content (AvgIpc) is 2.46. The van der Waals surface area contributed by atoms with Crippen molar-refractivity contribution in [2.75, 3.05) is 19.5 Å². The maximum Gasteiger partial charge on any atom is 0.416 e. The van der Waals surface area contributed by atoms with Crippen molar-refractivity contribution in [2.45, 2.75) is 6.18 Å². The molecule has 0 aliphatic carbocycles. The molecule has 0 saturated heterocycles. The molecule has 1 N–H and O–H groups in total. The van der Waals surface area contributed by atoms with E-state index in [1.807, 2.05) is 0 Å². The lowest BCUT2D eigenvalue weighted by Gasteiger charge is -2.12. The third kappa shape index (κ3) is 4.47. The van der Waals surface area contributed by atoms with E-state index in [1.165, 1.54) is 0 Å². The number of alkyl halides is 3. The summed E-state index contributed by atoms with van der Waals surface area (Å²) >= 11 is 0. The Morgan fingerprint density at radius 3 is 2.27 bits per heavy atom. The highest BCUT2D eigenvalue weighted by Gasteiger charge is 2.31. The van der Waals surface area contributed by atoms with Crippen molar-refractivity contribution in [3.05, 3.63) is 41.4 Å². The predicted octanol–water partition coefficient (Wildman–Crippen LogP) is 2.49. The monoisotopic (exact) mass is 321 g/mol. The quantitative estimate of drug-likeness (QED) is 0.524. The molecule has 0 unspecified atom stereocenters. The van der Waals surface area contributed by atoms with Gasteiger partial charge in [0.1, 0.15) is 11.5 Å². The van der Waals surface area contributed by atoms with Gasteiger partial charge in [0.25, 0.3) is 0 Å². The number of carbonyl (C=O) groups excluding carboxylic acids is 2. The minimum atomic E-state index is -4.70. The van der Waals surface area contributed by atoms with Gasteiger partial charge >= 0.3 is 18.1 Å². The van der Waals surface area contributed by atoms with E-state index in [9.17, 15) is 27.2 Å². The molecule has 9 heteroatoms. The molecule has 0 aliphatic heterocycles. The average molecular weight is 321 g/mol.